The minimum absolute atomic E-state index is 0.0244. The molecule has 1 fully saturated rings. The molecule has 1 aromatic carbocycles. The van der Waals surface area contributed by atoms with Gasteiger partial charge in [-0.1, -0.05) is 12.1 Å². The topological polar surface area (TPSA) is 96.9 Å². The van der Waals surface area contributed by atoms with Crippen molar-refractivity contribution in [1.29, 1.82) is 0 Å². The maximum Gasteiger partial charge on any atom is 0.437 e. The van der Waals surface area contributed by atoms with Crippen molar-refractivity contribution in [2.45, 2.75) is 17.9 Å². The van der Waals surface area contributed by atoms with E-state index in [2.05, 4.69) is 5.32 Å². The molecule has 11 heteroatoms. The van der Waals surface area contributed by atoms with Gasteiger partial charge in [-0.3, -0.25) is 4.79 Å². The molecule has 7 nitrogen and oxygen atoms in total. The third-order valence-electron chi connectivity index (χ3n) is 4.61. The molecule has 4 rings (SSSR count). The summed E-state index contributed by atoms with van der Waals surface area (Å²) in [6, 6.07) is 4.42. The van der Waals surface area contributed by atoms with Crippen molar-refractivity contribution in [3.8, 4) is 11.5 Å². The van der Waals surface area contributed by atoms with Gasteiger partial charge in [0.1, 0.15) is 5.92 Å². The molecule has 0 aliphatic carbocycles. The molecule has 3 N–H and O–H groups in total. The van der Waals surface area contributed by atoms with E-state index in [0.717, 1.165) is 11.3 Å². The van der Waals surface area contributed by atoms with E-state index in [0.29, 0.717) is 5.75 Å². The molecule has 148 valence electrons. The number of Topliss-reactive ketones (excluding diaryl/α,β-unsaturated/α-hetero) is 1. The van der Waals surface area contributed by atoms with Crippen LogP contribution in [0.1, 0.15) is 21.3 Å². The highest BCUT2D eigenvalue weighted by molar-refractivity contribution is 7.12. The number of rotatable bonds is 3. The lowest BCUT2D eigenvalue weighted by atomic mass is 9.78. The molecule has 2 aliphatic rings. The zero-order valence-electron chi connectivity index (χ0n) is 13.9. The molecule has 1 saturated heterocycles. The number of carbonyl (C=O) groups is 2. The summed E-state index contributed by atoms with van der Waals surface area (Å²) in [7, 11) is 0. The molecule has 1 aromatic heterocycles. The van der Waals surface area contributed by atoms with Crippen LogP contribution < -0.4 is 20.1 Å². The monoisotopic (exact) mass is 414 g/mol. The lowest BCUT2D eigenvalue weighted by Crippen LogP contribution is -2.72. The van der Waals surface area contributed by atoms with Crippen LogP contribution >= 0.6 is 11.3 Å². The number of fused-ring (bicyclic) bond motifs is 1. The third-order valence-corrected chi connectivity index (χ3v) is 5.49. The molecule has 0 radical (unpaired) electrons. The van der Waals surface area contributed by atoms with Gasteiger partial charge in [0.2, 0.25) is 12.5 Å². The molecule has 2 aromatic rings. The minimum atomic E-state index is -5.29. The van der Waals surface area contributed by atoms with Crippen molar-refractivity contribution >= 4 is 23.2 Å². The van der Waals surface area contributed by atoms with Gasteiger partial charge < -0.3 is 25.2 Å². The number of carbonyl (C=O) groups excluding carboxylic acids is 2. The zero-order valence-corrected chi connectivity index (χ0v) is 14.8. The van der Waals surface area contributed by atoms with E-state index < -0.39 is 35.7 Å². The van der Waals surface area contributed by atoms with E-state index in [1.165, 1.54) is 41.0 Å². The standard InChI is InChI=1S/C17H13F3N2O5S/c18-17(19,20)16(25)12(14(23)11-2-1-5-28-11)13(21-15(24)22-16)8-3-4-9-10(6-8)27-7-26-9/h1-6,12-13,25H,7H2,(H2,21,22,24)/t12-,13+,16-/m0/s1. The van der Waals surface area contributed by atoms with E-state index in [9.17, 15) is 27.9 Å². The second kappa shape index (κ2) is 6.38. The van der Waals surface area contributed by atoms with Gasteiger partial charge in [0.25, 0.3) is 0 Å². The molecule has 0 bridgehead atoms. The first kappa shape index (κ1) is 18.6. The van der Waals surface area contributed by atoms with Crippen LogP contribution in [0.25, 0.3) is 0 Å². The van der Waals surface area contributed by atoms with Crippen LogP contribution in [-0.2, 0) is 0 Å². The summed E-state index contributed by atoms with van der Waals surface area (Å²) in [4.78, 5) is 24.9. The normalized spacial score (nSPS) is 26.5. The maximum absolute atomic E-state index is 13.8. The molecule has 3 atom stereocenters. The highest BCUT2D eigenvalue weighted by Gasteiger charge is 2.66. The lowest BCUT2D eigenvalue weighted by Gasteiger charge is -2.44. The fourth-order valence-electron chi connectivity index (χ4n) is 3.30. The number of ether oxygens (including phenoxy) is 2. The van der Waals surface area contributed by atoms with E-state index in [1.54, 1.807) is 0 Å². The van der Waals surface area contributed by atoms with Gasteiger partial charge in [-0.25, -0.2) is 4.79 Å². The molecular weight excluding hydrogens is 401 g/mol. The van der Waals surface area contributed by atoms with Gasteiger partial charge in [0.15, 0.2) is 17.3 Å². The third kappa shape index (κ3) is 2.87. The molecule has 0 unspecified atom stereocenters. The maximum atomic E-state index is 13.8. The number of halogens is 3. The molecule has 0 saturated carbocycles. The number of thiophene rings is 1. The Morgan fingerprint density at radius 2 is 2.00 bits per heavy atom. The van der Waals surface area contributed by atoms with E-state index >= 15 is 0 Å². The van der Waals surface area contributed by atoms with Crippen molar-refractivity contribution < 1.29 is 37.3 Å². The second-order valence-electron chi connectivity index (χ2n) is 6.27. The quantitative estimate of drug-likeness (QED) is 0.671. The van der Waals surface area contributed by atoms with Gasteiger partial charge in [0, 0.05) is 0 Å². The Labute approximate surface area is 160 Å². The molecule has 2 aliphatic heterocycles. The number of amides is 2. The number of nitrogens with one attached hydrogen (secondary N) is 2. The first-order valence-electron chi connectivity index (χ1n) is 8.06. The van der Waals surface area contributed by atoms with Gasteiger partial charge in [-0.15, -0.1) is 11.3 Å². The summed E-state index contributed by atoms with van der Waals surface area (Å²) >= 11 is 0.941. The number of ketones is 1. The van der Waals surface area contributed by atoms with Gasteiger partial charge >= 0.3 is 12.2 Å². The van der Waals surface area contributed by atoms with Crippen molar-refractivity contribution in [3.05, 3.63) is 46.2 Å². The van der Waals surface area contributed by atoms with Gasteiger partial charge in [0.05, 0.1) is 10.9 Å². The Kier molecular flexibility index (Phi) is 4.23. The molecular formula is C17H13F3N2O5S. The smallest absolute Gasteiger partial charge is 0.437 e. The Morgan fingerprint density at radius 1 is 1.25 bits per heavy atom. The lowest BCUT2D eigenvalue weighted by molar-refractivity contribution is -0.287. The van der Waals surface area contributed by atoms with Crippen LogP contribution in [-0.4, -0.2) is 35.6 Å². The second-order valence-corrected chi connectivity index (χ2v) is 7.22. The summed E-state index contributed by atoms with van der Waals surface area (Å²) in [6.07, 6.45) is -5.29. The van der Waals surface area contributed by atoms with Crippen LogP contribution in [0.3, 0.4) is 0 Å². The summed E-state index contributed by atoms with van der Waals surface area (Å²) < 4.78 is 51.7. The van der Waals surface area contributed by atoms with E-state index in [-0.39, 0.29) is 23.0 Å². The SMILES string of the molecule is O=C1N[C@H](c2ccc3c(c2)OCO3)[C@@H](C(=O)c2cccs2)[C@](O)(C(F)(F)F)N1. The van der Waals surface area contributed by atoms with Crippen LogP contribution in [0.4, 0.5) is 18.0 Å². The molecule has 28 heavy (non-hydrogen) atoms. The summed E-state index contributed by atoms with van der Waals surface area (Å²) in [5.74, 6) is -2.37. The number of aliphatic hydroxyl groups is 1. The van der Waals surface area contributed by atoms with Crippen molar-refractivity contribution in [1.82, 2.24) is 10.6 Å². The minimum Gasteiger partial charge on any atom is -0.454 e. The van der Waals surface area contributed by atoms with Gasteiger partial charge in [-0.05, 0) is 29.1 Å². The zero-order chi connectivity index (χ0) is 20.1. The number of benzene rings is 1. The van der Waals surface area contributed by atoms with Crippen LogP contribution in [0.2, 0.25) is 0 Å². The highest BCUT2D eigenvalue weighted by Crippen LogP contribution is 2.45. The molecule has 3 heterocycles. The Bertz CT molecular complexity index is 933. The van der Waals surface area contributed by atoms with Gasteiger partial charge in [-0.2, -0.15) is 13.2 Å². The number of hydrogen-bond acceptors (Lipinski definition) is 6. The number of alkyl halides is 3. The number of hydrogen-bond donors (Lipinski definition) is 3. The van der Waals surface area contributed by atoms with E-state index in [4.69, 9.17) is 9.47 Å². The predicted molar refractivity (Wildman–Crippen MR) is 90.1 cm³/mol. The Balaban J connectivity index is 1.84. The van der Waals surface area contributed by atoms with Crippen LogP contribution in [0.15, 0.2) is 35.7 Å². The van der Waals surface area contributed by atoms with Crippen molar-refractivity contribution in [2.75, 3.05) is 6.79 Å². The summed E-state index contributed by atoms with van der Waals surface area (Å²) in [5, 5.41) is 15.8. The Hall–Kier alpha value is -2.79. The largest absolute Gasteiger partial charge is 0.454 e. The van der Waals surface area contributed by atoms with Crippen LogP contribution in [0, 0.1) is 5.92 Å². The fraction of sp³-hybridized carbons (Fsp3) is 0.294. The number of urea groups is 1. The first-order chi connectivity index (χ1) is 13.2. The van der Waals surface area contributed by atoms with Crippen molar-refractivity contribution in [3.63, 3.8) is 0 Å². The predicted octanol–water partition coefficient (Wildman–Crippen LogP) is 2.58. The molecule has 0 spiro atoms. The summed E-state index contributed by atoms with van der Waals surface area (Å²) in [5.41, 5.74) is -3.59. The summed E-state index contributed by atoms with van der Waals surface area (Å²) in [6.45, 7) is -0.0542. The van der Waals surface area contributed by atoms with E-state index in [1.807, 2.05) is 0 Å². The molecule has 2 amide bonds. The average molecular weight is 414 g/mol. The fourth-order valence-corrected chi connectivity index (χ4v) is 4.00. The van der Waals surface area contributed by atoms with Crippen molar-refractivity contribution in [2.24, 2.45) is 5.92 Å². The highest BCUT2D eigenvalue weighted by atomic mass is 32.1. The first-order valence-corrected chi connectivity index (χ1v) is 8.94. The Morgan fingerprint density at radius 3 is 2.68 bits per heavy atom. The average Bonchev–Trinajstić information content (AvgIpc) is 3.30. The van der Waals surface area contributed by atoms with Crippen LogP contribution in [0.5, 0.6) is 11.5 Å².